The largest absolute Gasteiger partial charge is 0.484 e. The zero-order valence-corrected chi connectivity index (χ0v) is 23.9. The molecule has 2 aliphatic rings. The van der Waals surface area contributed by atoms with E-state index < -0.39 is 33.8 Å². The summed E-state index contributed by atoms with van der Waals surface area (Å²) in [6.45, 7) is 6.73. The fourth-order valence-electron chi connectivity index (χ4n) is 4.91. The minimum absolute atomic E-state index is 0.358. The second-order valence-electron chi connectivity index (χ2n) is 11.0. The Morgan fingerprint density at radius 3 is 2.31 bits per heavy atom. The molecule has 0 atom stereocenters. The molecule has 2 aliphatic carbocycles. The summed E-state index contributed by atoms with van der Waals surface area (Å²) < 4.78 is 31.9. The molecule has 4 rings (SSSR count). The second kappa shape index (κ2) is 12.7. The van der Waals surface area contributed by atoms with Gasteiger partial charge in [-0.3, -0.25) is 4.79 Å². The Hall–Kier alpha value is -3.27. The molecule has 2 saturated carbocycles. The number of hydrogen-bond donors (Lipinski definition) is 3. The van der Waals surface area contributed by atoms with Gasteiger partial charge in [0, 0.05) is 24.3 Å². The molecule has 0 aliphatic heterocycles. The molecule has 0 bridgehead atoms. The summed E-state index contributed by atoms with van der Waals surface area (Å²) in [6.07, 6.45) is 6.91. The molecule has 0 saturated heterocycles. The molecule has 9 nitrogen and oxygen atoms in total. The molecule has 3 N–H and O–H groups in total. The topological polar surface area (TPSA) is 117 Å². The van der Waals surface area contributed by atoms with E-state index in [1.54, 1.807) is 12.1 Å². The van der Waals surface area contributed by atoms with Gasteiger partial charge in [-0.1, -0.05) is 50.8 Å². The number of amides is 3. The van der Waals surface area contributed by atoms with E-state index in [2.05, 4.69) is 34.1 Å². The molecule has 0 spiro atoms. The first-order chi connectivity index (χ1) is 18.6. The first-order valence-electron chi connectivity index (χ1n) is 13.8. The summed E-state index contributed by atoms with van der Waals surface area (Å²) in [6, 6.07) is 12.9. The molecule has 0 radical (unpaired) electrons. The molecule has 2 aromatic carbocycles. The van der Waals surface area contributed by atoms with E-state index in [0.29, 0.717) is 41.9 Å². The minimum atomic E-state index is -3.64. The van der Waals surface area contributed by atoms with Gasteiger partial charge >= 0.3 is 6.03 Å². The monoisotopic (exact) mass is 556 g/mol. The smallest absolute Gasteiger partial charge is 0.323 e. The molecule has 0 unspecified atom stereocenters. The lowest BCUT2D eigenvalue weighted by Crippen LogP contribution is -2.40. The fourth-order valence-corrected chi connectivity index (χ4v) is 6.21. The maximum absolute atomic E-state index is 13.0. The van der Waals surface area contributed by atoms with Crippen LogP contribution in [0.3, 0.4) is 0 Å². The average molecular weight is 557 g/mol. The number of benzene rings is 2. The van der Waals surface area contributed by atoms with Crippen molar-refractivity contribution < 1.29 is 22.7 Å². The van der Waals surface area contributed by atoms with Gasteiger partial charge in [0.25, 0.3) is 5.91 Å². The number of nitrogens with one attached hydrogen (secondary N) is 3. The Morgan fingerprint density at radius 2 is 1.67 bits per heavy atom. The Balaban J connectivity index is 1.55. The molecular formula is C29H40N4O5S. The molecule has 3 amide bonds. The van der Waals surface area contributed by atoms with Gasteiger partial charge in [-0.05, 0) is 62.8 Å². The van der Waals surface area contributed by atoms with E-state index in [-0.39, 0.29) is 0 Å². The van der Waals surface area contributed by atoms with Crippen LogP contribution in [-0.4, -0.2) is 44.8 Å². The van der Waals surface area contributed by atoms with E-state index in [9.17, 15) is 18.0 Å². The van der Waals surface area contributed by atoms with Crippen LogP contribution in [0, 0.1) is 12.8 Å². The summed E-state index contributed by atoms with van der Waals surface area (Å²) in [4.78, 5) is 27.7. The normalized spacial score (nSPS) is 16.0. The highest BCUT2D eigenvalue weighted by Crippen LogP contribution is 2.36. The fraction of sp³-hybridized carbons (Fsp3) is 0.517. The first-order valence-corrected chi connectivity index (χ1v) is 15.4. The lowest BCUT2D eigenvalue weighted by atomic mass is 9.93. The maximum atomic E-state index is 13.0. The number of carbonyl (C=O) groups excluding carboxylic acids is 2. The number of nitrogens with zero attached hydrogens (tertiary/aromatic N) is 1. The lowest BCUT2D eigenvalue weighted by Gasteiger charge is -2.38. The minimum Gasteiger partial charge on any atom is -0.484 e. The number of rotatable bonds is 11. The molecule has 212 valence electrons. The maximum Gasteiger partial charge on any atom is 0.323 e. The van der Waals surface area contributed by atoms with Crippen LogP contribution >= 0.6 is 0 Å². The van der Waals surface area contributed by atoms with E-state index in [4.69, 9.17) is 4.74 Å². The van der Waals surface area contributed by atoms with Crippen molar-refractivity contribution in [3.05, 3.63) is 48.0 Å². The molecule has 10 heteroatoms. The van der Waals surface area contributed by atoms with Crippen LogP contribution in [0.4, 0.5) is 21.9 Å². The van der Waals surface area contributed by atoms with Crippen molar-refractivity contribution in [2.45, 2.75) is 77.0 Å². The van der Waals surface area contributed by atoms with E-state index in [1.165, 1.54) is 19.3 Å². The third-order valence-electron chi connectivity index (χ3n) is 7.00. The number of urea groups is 1. The Morgan fingerprint density at radius 1 is 0.974 bits per heavy atom. The number of ether oxygens (including phenoxy) is 1. The summed E-state index contributed by atoms with van der Waals surface area (Å²) in [5.74, 6) is 0.0481. The van der Waals surface area contributed by atoms with E-state index >= 15 is 0 Å². The number of sulfonamides is 1. The first kappa shape index (κ1) is 28.7. The van der Waals surface area contributed by atoms with Gasteiger partial charge in [0.2, 0.25) is 10.0 Å². The standard InChI is InChI=1S/C29H40N4O5S/c1-20(2)18-33(23-7-5-4-6-8-23)27-16-13-24(38-19-28(34)32-39(36,37)25-14-15-25)17-26(27)31-29(35)30-22-11-9-21(3)10-12-22/h9-13,16-17,20,23,25H,4-8,14-15,18-19H2,1-3H3,(H,32,34)(H2,30,31,35). The lowest BCUT2D eigenvalue weighted by molar-refractivity contribution is -0.121. The Labute approximate surface area is 231 Å². The van der Waals surface area contributed by atoms with Crippen LogP contribution in [0.2, 0.25) is 0 Å². The SMILES string of the molecule is Cc1ccc(NC(=O)Nc2cc(OCC(=O)NS(=O)(=O)C3CC3)ccc2N(CC(C)C)C2CCCCC2)cc1. The molecule has 0 heterocycles. The Bertz CT molecular complexity index is 1250. The highest BCUT2D eigenvalue weighted by molar-refractivity contribution is 7.90. The summed E-state index contributed by atoms with van der Waals surface area (Å²) >= 11 is 0. The van der Waals surface area contributed by atoms with Crippen molar-refractivity contribution in [2.75, 3.05) is 28.7 Å². The van der Waals surface area contributed by atoms with Gasteiger partial charge in [-0.2, -0.15) is 0 Å². The molecule has 2 aromatic rings. The summed E-state index contributed by atoms with van der Waals surface area (Å²) in [5.41, 5.74) is 3.22. The van der Waals surface area contributed by atoms with Crippen molar-refractivity contribution in [1.29, 1.82) is 0 Å². The highest BCUT2D eigenvalue weighted by Gasteiger charge is 2.36. The van der Waals surface area contributed by atoms with Crippen LogP contribution in [0.25, 0.3) is 0 Å². The Kier molecular flexibility index (Phi) is 9.37. The van der Waals surface area contributed by atoms with Crippen LogP contribution < -0.4 is 25.0 Å². The van der Waals surface area contributed by atoms with Gasteiger partial charge in [0.05, 0.1) is 16.6 Å². The van der Waals surface area contributed by atoms with Crippen molar-refractivity contribution in [2.24, 2.45) is 5.92 Å². The van der Waals surface area contributed by atoms with E-state index in [0.717, 1.165) is 30.6 Å². The van der Waals surface area contributed by atoms with Crippen LogP contribution in [0.1, 0.15) is 64.4 Å². The van der Waals surface area contributed by atoms with Gasteiger partial charge in [0.15, 0.2) is 6.61 Å². The van der Waals surface area contributed by atoms with Crippen molar-refractivity contribution >= 4 is 39.0 Å². The van der Waals surface area contributed by atoms with Gasteiger partial charge < -0.3 is 20.3 Å². The summed E-state index contributed by atoms with van der Waals surface area (Å²) in [7, 11) is -3.64. The van der Waals surface area contributed by atoms with Crippen molar-refractivity contribution in [1.82, 2.24) is 4.72 Å². The second-order valence-corrected chi connectivity index (χ2v) is 13.0. The predicted molar refractivity (Wildman–Crippen MR) is 155 cm³/mol. The average Bonchev–Trinajstić information content (AvgIpc) is 3.75. The quantitative estimate of drug-likeness (QED) is 0.340. The van der Waals surface area contributed by atoms with Gasteiger partial charge in [-0.15, -0.1) is 0 Å². The van der Waals surface area contributed by atoms with Crippen molar-refractivity contribution in [3.8, 4) is 5.75 Å². The van der Waals surface area contributed by atoms with Crippen LogP contribution in [0.15, 0.2) is 42.5 Å². The zero-order valence-electron chi connectivity index (χ0n) is 23.0. The zero-order chi connectivity index (χ0) is 28.0. The number of carbonyl (C=O) groups is 2. The third-order valence-corrected chi connectivity index (χ3v) is 8.86. The van der Waals surface area contributed by atoms with E-state index in [1.807, 2.05) is 37.3 Å². The molecule has 39 heavy (non-hydrogen) atoms. The number of hydrogen-bond acceptors (Lipinski definition) is 6. The highest BCUT2D eigenvalue weighted by atomic mass is 32.2. The van der Waals surface area contributed by atoms with Gasteiger partial charge in [-0.25, -0.2) is 17.9 Å². The third kappa shape index (κ3) is 8.36. The van der Waals surface area contributed by atoms with Crippen LogP contribution in [-0.2, 0) is 14.8 Å². The molecular weight excluding hydrogens is 516 g/mol. The van der Waals surface area contributed by atoms with Gasteiger partial charge in [0.1, 0.15) is 5.75 Å². The number of aryl methyl sites for hydroxylation is 1. The summed E-state index contributed by atoms with van der Waals surface area (Å²) in [5, 5.41) is 5.37. The molecule has 2 fully saturated rings. The predicted octanol–water partition coefficient (Wildman–Crippen LogP) is 5.42. The number of anilines is 3. The van der Waals surface area contributed by atoms with Crippen LogP contribution in [0.5, 0.6) is 5.75 Å². The molecule has 0 aromatic heterocycles. The van der Waals surface area contributed by atoms with Crippen molar-refractivity contribution in [3.63, 3.8) is 0 Å².